The van der Waals surface area contributed by atoms with Crippen LogP contribution in [0.25, 0.3) is 22.3 Å². The molecule has 0 aliphatic carbocycles. The summed E-state index contributed by atoms with van der Waals surface area (Å²) in [6.45, 7) is 1.45. The van der Waals surface area contributed by atoms with E-state index < -0.39 is 11.3 Å². The maximum Gasteiger partial charge on any atom is 0.336 e. The van der Waals surface area contributed by atoms with Gasteiger partial charge in [-0.3, -0.25) is 9.59 Å². The Kier molecular flexibility index (Phi) is 7.42. The second kappa shape index (κ2) is 11.2. The van der Waals surface area contributed by atoms with E-state index in [4.69, 9.17) is 4.98 Å². The first kappa shape index (κ1) is 25.7. The van der Waals surface area contributed by atoms with Gasteiger partial charge in [0.15, 0.2) is 5.82 Å². The quantitative estimate of drug-likeness (QED) is 0.171. The molecule has 1 unspecified atom stereocenters. The largest absolute Gasteiger partial charge is 0.478 e. The molecule has 9 heteroatoms. The lowest BCUT2D eigenvalue weighted by Gasteiger charge is -2.24. The standard InChI is InChI=1S/C30H24N4O4S/c1-19(35)31-25-17-9-10-18-26(25)39-28(20-11-3-2-4-12-20)33-34-27(21-13-5-6-14-22(21)30(37)38)32-24-16-8-7-15-23(24)29(34)36/h2-18,28,33H,1H3,(H,31,35)(H,37,38). The van der Waals surface area contributed by atoms with E-state index in [0.29, 0.717) is 22.2 Å². The predicted molar refractivity (Wildman–Crippen MR) is 154 cm³/mol. The Morgan fingerprint density at radius 1 is 0.872 bits per heavy atom. The number of hydrogen-bond acceptors (Lipinski definition) is 6. The summed E-state index contributed by atoms with van der Waals surface area (Å²) in [6.07, 6.45) is 0. The molecular weight excluding hydrogens is 512 g/mol. The third kappa shape index (κ3) is 5.53. The van der Waals surface area contributed by atoms with Gasteiger partial charge in [0.2, 0.25) is 5.91 Å². The van der Waals surface area contributed by atoms with Gasteiger partial charge in [0, 0.05) is 17.4 Å². The van der Waals surface area contributed by atoms with Gasteiger partial charge in [-0.1, -0.05) is 84.6 Å². The number of nitrogens with one attached hydrogen (secondary N) is 2. The van der Waals surface area contributed by atoms with Crippen LogP contribution in [-0.4, -0.2) is 26.6 Å². The van der Waals surface area contributed by atoms with Gasteiger partial charge in [0.05, 0.1) is 22.2 Å². The minimum Gasteiger partial charge on any atom is -0.478 e. The fraction of sp³-hybridized carbons (Fsp3) is 0.0667. The summed E-state index contributed by atoms with van der Waals surface area (Å²) in [6, 6.07) is 30.3. The van der Waals surface area contributed by atoms with Crippen LogP contribution in [0.5, 0.6) is 0 Å². The summed E-state index contributed by atoms with van der Waals surface area (Å²) < 4.78 is 1.32. The van der Waals surface area contributed by atoms with E-state index in [1.165, 1.54) is 29.4 Å². The molecule has 1 atom stereocenters. The number of benzene rings is 4. The molecule has 0 fully saturated rings. The lowest BCUT2D eigenvalue weighted by atomic mass is 10.1. The van der Waals surface area contributed by atoms with Gasteiger partial charge >= 0.3 is 5.97 Å². The van der Waals surface area contributed by atoms with Gasteiger partial charge in [-0.15, -0.1) is 0 Å². The molecule has 0 aliphatic heterocycles. The second-order valence-corrected chi connectivity index (χ2v) is 9.81. The number of rotatable bonds is 8. The van der Waals surface area contributed by atoms with E-state index in [0.717, 1.165) is 10.5 Å². The van der Waals surface area contributed by atoms with Crippen molar-refractivity contribution in [2.24, 2.45) is 0 Å². The molecule has 0 saturated carbocycles. The normalized spacial score (nSPS) is 11.6. The summed E-state index contributed by atoms with van der Waals surface area (Å²) in [5.41, 5.74) is 5.22. The van der Waals surface area contributed by atoms with E-state index >= 15 is 0 Å². The fourth-order valence-corrected chi connectivity index (χ4v) is 5.31. The van der Waals surface area contributed by atoms with Gasteiger partial charge in [-0.25, -0.2) is 14.5 Å². The van der Waals surface area contributed by atoms with Crippen LogP contribution in [0.3, 0.4) is 0 Å². The zero-order chi connectivity index (χ0) is 27.4. The van der Waals surface area contributed by atoms with Crippen LogP contribution in [0, 0.1) is 0 Å². The lowest BCUT2D eigenvalue weighted by molar-refractivity contribution is -0.114. The molecule has 1 amide bonds. The molecule has 0 saturated heterocycles. The van der Waals surface area contributed by atoms with Crippen molar-refractivity contribution in [1.82, 2.24) is 9.66 Å². The average molecular weight is 537 g/mol. The highest BCUT2D eigenvalue weighted by Gasteiger charge is 2.22. The maximum atomic E-state index is 13.9. The highest BCUT2D eigenvalue weighted by Crippen LogP contribution is 2.38. The average Bonchev–Trinajstić information content (AvgIpc) is 2.95. The molecule has 5 rings (SSSR count). The Balaban J connectivity index is 1.69. The molecule has 0 spiro atoms. The number of anilines is 1. The number of thioether (sulfide) groups is 1. The Labute approximate surface area is 228 Å². The molecule has 0 aliphatic rings. The van der Waals surface area contributed by atoms with Crippen LogP contribution < -0.4 is 16.3 Å². The number of hydrogen-bond donors (Lipinski definition) is 3. The molecule has 4 aromatic carbocycles. The molecular formula is C30H24N4O4S. The smallest absolute Gasteiger partial charge is 0.336 e. The summed E-state index contributed by atoms with van der Waals surface area (Å²) in [7, 11) is 0. The first-order valence-corrected chi connectivity index (χ1v) is 13.0. The van der Waals surface area contributed by atoms with Crippen LogP contribution in [0.4, 0.5) is 5.69 Å². The first-order valence-electron chi connectivity index (χ1n) is 12.1. The monoisotopic (exact) mass is 536 g/mol. The van der Waals surface area contributed by atoms with Crippen molar-refractivity contribution in [2.45, 2.75) is 17.2 Å². The minimum absolute atomic E-state index is 0.0233. The molecule has 5 aromatic rings. The summed E-state index contributed by atoms with van der Waals surface area (Å²) in [5.74, 6) is -1.15. The molecule has 39 heavy (non-hydrogen) atoms. The van der Waals surface area contributed by atoms with Crippen molar-refractivity contribution in [3.05, 3.63) is 125 Å². The topological polar surface area (TPSA) is 113 Å². The third-order valence-corrected chi connectivity index (χ3v) is 7.19. The van der Waals surface area contributed by atoms with Crippen molar-refractivity contribution >= 4 is 40.2 Å². The SMILES string of the molecule is CC(=O)Nc1ccccc1SC(Nn1c(-c2ccccc2C(=O)O)nc2ccccc2c1=O)c1ccccc1. The Morgan fingerprint density at radius 3 is 2.31 bits per heavy atom. The predicted octanol–water partition coefficient (Wildman–Crippen LogP) is 5.75. The second-order valence-electron chi connectivity index (χ2n) is 8.66. The zero-order valence-corrected chi connectivity index (χ0v) is 21.7. The van der Waals surface area contributed by atoms with Crippen LogP contribution in [0.15, 0.2) is 113 Å². The van der Waals surface area contributed by atoms with E-state index in [9.17, 15) is 19.5 Å². The zero-order valence-electron chi connectivity index (χ0n) is 20.9. The van der Waals surface area contributed by atoms with E-state index in [2.05, 4.69) is 10.7 Å². The van der Waals surface area contributed by atoms with Gasteiger partial charge in [-0.2, -0.15) is 0 Å². The Morgan fingerprint density at radius 2 is 1.54 bits per heavy atom. The highest BCUT2D eigenvalue weighted by atomic mass is 32.2. The first-order chi connectivity index (χ1) is 18.9. The third-order valence-electron chi connectivity index (χ3n) is 5.97. The fourth-order valence-electron chi connectivity index (χ4n) is 4.20. The highest BCUT2D eigenvalue weighted by molar-refractivity contribution is 7.99. The van der Waals surface area contributed by atoms with Gasteiger partial charge in [0.25, 0.3) is 5.56 Å². The molecule has 8 nitrogen and oxygen atoms in total. The minimum atomic E-state index is -1.13. The van der Waals surface area contributed by atoms with E-state index in [-0.39, 0.29) is 22.9 Å². The van der Waals surface area contributed by atoms with Crippen molar-refractivity contribution in [1.29, 1.82) is 0 Å². The molecule has 0 bridgehead atoms. The number of aromatic carboxylic acids is 1. The Bertz CT molecular complexity index is 1740. The number of carboxylic acids is 1. The lowest BCUT2D eigenvalue weighted by Crippen LogP contribution is -2.33. The number of carboxylic acid groups (broad SMARTS) is 1. The number of nitrogens with zero attached hydrogens (tertiary/aromatic N) is 2. The Hall–Kier alpha value is -4.89. The summed E-state index contributed by atoms with van der Waals surface area (Å²) in [4.78, 5) is 43.3. The van der Waals surface area contributed by atoms with Crippen molar-refractivity contribution < 1.29 is 14.7 Å². The van der Waals surface area contributed by atoms with Crippen LogP contribution >= 0.6 is 11.8 Å². The molecule has 1 aromatic heterocycles. The molecule has 0 radical (unpaired) electrons. The number of fused-ring (bicyclic) bond motifs is 1. The summed E-state index contributed by atoms with van der Waals surface area (Å²) in [5, 5.41) is 12.6. The molecule has 194 valence electrons. The van der Waals surface area contributed by atoms with E-state index in [1.807, 2.05) is 54.6 Å². The van der Waals surface area contributed by atoms with Crippen LogP contribution in [0.2, 0.25) is 0 Å². The van der Waals surface area contributed by atoms with Gasteiger partial charge in [-0.05, 0) is 35.9 Å². The van der Waals surface area contributed by atoms with Crippen LogP contribution in [-0.2, 0) is 4.79 Å². The number of carbonyl (C=O) groups is 2. The summed E-state index contributed by atoms with van der Waals surface area (Å²) >= 11 is 1.40. The number of aromatic nitrogens is 2. The van der Waals surface area contributed by atoms with Crippen molar-refractivity contribution in [3.63, 3.8) is 0 Å². The van der Waals surface area contributed by atoms with Gasteiger partial charge < -0.3 is 15.8 Å². The molecule has 1 heterocycles. The maximum absolute atomic E-state index is 13.9. The van der Waals surface area contributed by atoms with E-state index in [1.54, 1.807) is 42.5 Å². The van der Waals surface area contributed by atoms with Gasteiger partial charge in [0.1, 0.15) is 5.37 Å². The van der Waals surface area contributed by atoms with Crippen molar-refractivity contribution in [2.75, 3.05) is 10.7 Å². The number of carbonyl (C=O) groups excluding carboxylic acids is 1. The van der Waals surface area contributed by atoms with Crippen LogP contribution in [0.1, 0.15) is 28.2 Å². The van der Waals surface area contributed by atoms with Crippen molar-refractivity contribution in [3.8, 4) is 11.4 Å². The number of para-hydroxylation sites is 2. The number of amides is 1. The molecule has 3 N–H and O–H groups in total.